The number of hydrogen-bond donors (Lipinski definition) is 1. The average molecular weight is 329 g/mol. The van der Waals surface area contributed by atoms with E-state index < -0.39 is 6.23 Å². The van der Waals surface area contributed by atoms with Crippen LogP contribution in [0.5, 0.6) is 0 Å². The van der Waals surface area contributed by atoms with Gasteiger partial charge in [0.15, 0.2) is 5.78 Å². The molecule has 2 fully saturated rings. The highest BCUT2D eigenvalue weighted by atomic mass is 19.1. The molecule has 128 valence electrons. The fourth-order valence-electron chi connectivity index (χ4n) is 4.97. The maximum atomic E-state index is 13.3. The third kappa shape index (κ3) is 2.77. The second kappa shape index (κ2) is 6.32. The predicted octanol–water partition coefficient (Wildman–Crippen LogP) is 3.60. The lowest BCUT2D eigenvalue weighted by molar-refractivity contribution is -0.114. The van der Waals surface area contributed by atoms with Crippen molar-refractivity contribution in [1.82, 2.24) is 4.90 Å². The Bertz CT molecular complexity index is 654. The van der Waals surface area contributed by atoms with Gasteiger partial charge in [-0.15, -0.1) is 0 Å². The second-order valence-electron chi connectivity index (χ2n) is 7.42. The van der Waals surface area contributed by atoms with Crippen molar-refractivity contribution < 1.29 is 14.3 Å². The van der Waals surface area contributed by atoms with E-state index in [-0.39, 0.29) is 23.4 Å². The molecule has 1 aromatic rings. The molecule has 24 heavy (non-hydrogen) atoms. The van der Waals surface area contributed by atoms with E-state index in [4.69, 9.17) is 0 Å². The first-order valence-corrected chi connectivity index (χ1v) is 9.07. The molecule has 0 aromatic heterocycles. The zero-order valence-corrected chi connectivity index (χ0v) is 13.8. The summed E-state index contributed by atoms with van der Waals surface area (Å²) in [5, 5.41) is 11.1. The van der Waals surface area contributed by atoms with Crippen LogP contribution in [0.25, 0.3) is 0 Å². The Hall–Kier alpha value is -1.68. The standard InChI is InChI=1S/C20H24FNO2/c21-15-6-4-13(5-7-15)18-3-1-2-14-10-11-22(20(24)19(14)18)16-8-9-17(23)12-16/h4-7,12,14,18-20,24H,1-3,8-11H2/t14-,18+,19-,20?/m1/s1. The highest BCUT2D eigenvalue weighted by Crippen LogP contribution is 2.48. The number of likely N-dealkylation sites (tertiary alicyclic amines) is 1. The first-order chi connectivity index (χ1) is 11.6. The molecule has 0 bridgehead atoms. The van der Waals surface area contributed by atoms with E-state index in [0.717, 1.165) is 49.9 Å². The number of nitrogens with zero attached hydrogens (tertiary/aromatic N) is 1. The number of rotatable bonds is 2. The summed E-state index contributed by atoms with van der Waals surface area (Å²) in [6, 6.07) is 6.77. The third-order valence-electron chi connectivity index (χ3n) is 6.13. The van der Waals surface area contributed by atoms with Gasteiger partial charge in [-0.2, -0.15) is 0 Å². The molecule has 1 N–H and O–H groups in total. The molecule has 0 amide bonds. The van der Waals surface area contributed by atoms with Gasteiger partial charge in [0.1, 0.15) is 12.0 Å². The number of benzene rings is 1. The first-order valence-electron chi connectivity index (χ1n) is 9.07. The van der Waals surface area contributed by atoms with E-state index >= 15 is 0 Å². The number of ketones is 1. The van der Waals surface area contributed by atoms with E-state index in [0.29, 0.717) is 12.3 Å². The van der Waals surface area contributed by atoms with Gasteiger partial charge in [0.05, 0.1) is 0 Å². The summed E-state index contributed by atoms with van der Waals surface area (Å²) in [5.41, 5.74) is 2.12. The maximum absolute atomic E-state index is 13.3. The van der Waals surface area contributed by atoms with Crippen LogP contribution in [-0.4, -0.2) is 28.6 Å². The van der Waals surface area contributed by atoms with Crippen molar-refractivity contribution in [3.63, 3.8) is 0 Å². The third-order valence-corrected chi connectivity index (χ3v) is 6.13. The van der Waals surface area contributed by atoms with Gasteiger partial charge in [0, 0.05) is 30.7 Å². The number of carbonyl (C=O) groups is 1. The molecule has 1 unspecified atom stereocenters. The Morgan fingerprint density at radius 2 is 1.88 bits per heavy atom. The van der Waals surface area contributed by atoms with Crippen LogP contribution < -0.4 is 0 Å². The SMILES string of the molecule is O=C1C=C(N2CC[C@H]3CCC[C@@H](c4ccc(F)cc4)[C@@H]3C2O)CC1. The average Bonchev–Trinajstić information content (AvgIpc) is 3.02. The quantitative estimate of drug-likeness (QED) is 0.901. The molecule has 2 aliphatic carbocycles. The van der Waals surface area contributed by atoms with Crippen LogP contribution in [0.4, 0.5) is 4.39 Å². The van der Waals surface area contributed by atoms with Crippen LogP contribution in [0, 0.1) is 17.7 Å². The normalized spacial score (nSPS) is 33.3. The molecule has 0 radical (unpaired) electrons. The van der Waals surface area contributed by atoms with Crippen molar-refractivity contribution in [2.45, 2.75) is 50.7 Å². The lowest BCUT2D eigenvalue weighted by Crippen LogP contribution is -2.51. The van der Waals surface area contributed by atoms with E-state index in [9.17, 15) is 14.3 Å². The van der Waals surface area contributed by atoms with Crippen LogP contribution in [0.1, 0.15) is 50.0 Å². The molecule has 4 heteroatoms. The highest BCUT2D eigenvalue weighted by Gasteiger charge is 2.44. The van der Waals surface area contributed by atoms with Gasteiger partial charge >= 0.3 is 0 Å². The minimum absolute atomic E-state index is 0.162. The topological polar surface area (TPSA) is 40.5 Å². The van der Waals surface area contributed by atoms with E-state index in [1.54, 1.807) is 6.08 Å². The Morgan fingerprint density at radius 3 is 2.58 bits per heavy atom. The highest BCUT2D eigenvalue weighted by molar-refractivity contribution is 5.92. The van der Waals surface area contributed by atoms with E-state index in [1.807, 2.05) is 17.0 Å². The summed E-state index contributed by atoms with van der Waals surface area (Å²) >= 11 is 0. The Morgan fingerprint density at radius 1 is 1.08 bits per heavy atom. The molecule has 0 spiro atoms. The second-order valence-corrected chi connectivity index (χ2v) is 7.42. The van der Waals surface area contributed by atoms with Crippen LogP contribution in [0.15, 0.2) is 36.0 Å². The summed E-state index contributed by atoms with van der Waals surface area (Å²) in [6.45, 7) is 0.831. The van der Waals surface area contributed by atoms with Gasteiger partial charge < -0.3 is 10.0 Å². The number of piperidine rings is 1. The van der Waals surface area contributed by atoms with Crippen molar-refractivity contribution in [3.05, 3.63) is 47.4 Å². The number of aliphatic hydroxyl groups is 1. The van der Waals surface area contributed by atoms with Crippen molar-refractivity contribution in [1.29, 1.82) is 0 Å². The van der Waals surface area contributed by atoms with E-state index in [2.05, 4.69) is 0 Å². The monoisotopic (exact) mass is 329 g/mol. The summed E-state index contributed by atoms with van der Waals surface area (Å²) < 4.78 is 13.3. The molecule has 1 saturated heterocycles. The summed E-state index contributed by atoms with van der Waals surface area (Å²) in [5.74, 6) is 0.886. The molecular formula is C20H24FNO2. The van der Waals surface area contributed by atoms with Gasteiger partial charge in [0.2, 0.25) is 0 Å². The molecule has 4 atom stereocenters. The number of hydrogen-bond acceptors (Lipinski definition) is 3. The number of fused-ring (bicyclic) bond motifs is 1. The number of aliphatic hydroxyl groups excluding tert-OH is 1. The first kappa shape index (κ1) is 15.8. The van der Waals surface area contributed by atoms with Gasteiger partial charge in [0.25, 0.3) is 0 Å². The van der Waals surface area contributed by atoms with Crippen molar-refractivity contribution >= 4 is 5.78 Å². The molecule has 1 aromatic carbocycles. The number of halogens is 1. The largest absolute Gasteiger partial charge is 0.373 e. The lowest BCUT2D eigenvalue weighted by Gasteiger charge is -2.50. The van der Waals surface area contributed by atoms with Crippen molar-refractivity contribution in [2.75, 3.05) is 6.54 Å². The van der Waals surface area contributed by atoms with Gasteiger partial charge in [-0.05, 0) is 55.2 Å². The minimum atomic E-state index is -0.545. The Kier molecular flexibility index (Phi) is 4.17. The number of carbonyl (C=O) groups excluding carboxylic acids is 1. The zero-order valence-electron chi connectivity index (χ0n) is 13.8. The zero-order chi connectivity index (χ0) is 16.7. The van der Waals surface area contributed by atoms with E-state index in [1.165, 1.54) is 12.1 Å². The van der Waals surface area contributed by atoms with Crippen LogP contribution >= 0.6 is 0 Å². The summed E-state index contributed by atoms with van der Waals surface area (Å²) in [6.07, 6.45) is 6.89. The molecular weight excluding hydrogens is 305 g/mol. The Balaban J connectivity index is 1.61. The number of allylic oxidation sites excluding steroid dienone is 2. The van der Waals surface area contributed by atoms with Crippen LogP contribution in [-0.2, 0) is 4.79 Å². The van der Waals surface area contributed by atoms with Gasteiger partial charge in [-0.25, -0.2) is 4.39 Å². The summed E-state index contributed by atoms with van der Waals surface area (Å²) in [7, 11) is 0. The molecule has 1 aliphatic heterocycles. The molecule has 1 saturated carbocycles. The molecule has 3 nitrogen and oxygen atoms in total. The fraction of sp³-hybridized carbons (Fsp3) is 0.550. The van der Waals surface area contributed by atoms with Gasteiger partial charge in [-0.1, -0.05) is 18.6 Å². The summed E-state index contributed by atoms with van der Waals surface area (Å²) in [4.78, 5) is 13.6. The maximum Gasteiger partial charge on any atom is 0.157 e. The minimum Gasteiger partial charge on any atom is -0.373 e. The molecule has 1 heterocycles. The van der Waals surface area contributed by atoms with Crippen molar-refractivity contribution in [2.24, 2.45) is 11.8 Å². The smallest absolute Gasteiger partial charge is 0.157 e. The Labute approximate surface area is 142 Å². The van der Waals surface area contributed by atoms with Crippen LogP contribution in [0.3, 0.4) is 0 Å². The predicted molar refractivity (Wildman–Crippen MR) is 89.6 cm³/mol. The lowest BCUT2D eigenvalue weighted by atomic mass is 9.65. The van der Waals surface area contributed by atoms with Gasteiger partial charge in [-0.3, -0.25) is 4.79 Å². The fourth-order valence-corrected chi connectivity index (χ4v) is 4.97. The van der Waals surface area contributed by atoms with Crippen molar-refractivity contribution in [3.8, 4) is 0 Å². The van der Waals surface area contributed by atoms with Crippen LogP contribution in [0.2, 0.25) is 0 Å². The molecule has 4 rings (SSSR count). The molecule has 3 aliphatic rings.